The second-order valence-corrected chi connectivity index (χ2v) is 6.98. The van der Waals surface area contributed by atoms with Crippen molar-refractivity contribution in [2.75, 3.05) is 0 Å². The highest BCUT2D eigenvalue weighted by Gasteiger charge is 2.10. The number of hydrogen-bond acceptors (Lipinski definition) is 4. The number of hydrazine groups is 1. The van der Waals surface area contributed by atoms with Crippen molar-refractivity contribution in [3.05, 3.63) is 94.0 Å². The summed E-state index contributed by atoms with van der Waals surface area (Å²) in [7, 11) is 0. The largest absolute Gasteiger partial charge is 0.487 e. The van der Waals surface area contributed by atoms with Gasteiger partial charge in [0, 0.05) is 0 Å². The van der Waals surface area contributed by atoms with E-state index in [4.69, 9.17) is 27.4 Å². The second-order valence-electron chi connectivity index (χ2n) is 6.58. The van der Waals surface area contributed by atoms with Gasteiger partial charge in [-0.15, -0.1) is 0 Å². The molecule has 5 nitrogen and oxygen atoms in total. The predicted molar refractivity (Wildman–Crippen MR) is 118 cm³/mol. The first kappa shape index (κ1) is 21.1. The first-order valence-corrected chi connectivity index (χ1v) is 9.60. The first-order chi connectivity index (χ1) is 14.5. The maximum absolute atomic E-state index is 11.5. The molecule has 1 amide bonds. The van der Waals surface area contributed by atoms with Gasteiger partial charge in [0.2, 0.25) is 0 Å². The molecular weight excluding hydrogens is 398 g/mol. The summed E-state index contributed by atoms with van der Waals surface area (Å²) < 4.78 is 5.93. The molecule has 0 fully saturated rings. The van der Waals surface area contributed by atoms with E-state index in [1.54, 1.807) is 24.3 Å². The van der Waals surface area contributed by atoms with E-state index in [-0.39, 0.29) is 5.57 Å². The van der Waals surface area contributed by atoms with E-state index in [2.05, 4.69) is 25.1 Å². The molecule has 3 aromatic carbocycles. The molecule has 3 N–H and O–H groups in total. The van der Waals surface area contributed by atoms with Crippen molar-refractivity contribution in [2.24, 2.45) is 5.84 Å². The number of benzene rings is 3. The van der Waals surface area contributed by atoms with Crippen molar-refractivity contribution in [2.45, 2.75) is 13.5 Å². The molecule has 0 aliphatic heterocycles. The van der Waals surface area contributed by atoms with E-state index < -0.39 is 5.91 Å². The van der Waals surface area contributed by atoms with Crippen LogP contribution in [0.4, 0.5) is 0 Å². The molecule has 0 aromatic heterocycles. The van der Waals surface area contributed by atoms with Crippen LogP contribution in [-0.4, -0.2) is 5.91 Å². The molecular formula is C24H20ClN3O2. The maximum Gasteiger partial charge on any atom is 0.275 e. The average molecular weight is 418 g/mol. The molecule has 3 rings (SSSR count). The number of hydrogen-bond donors (Lipinski definition) is 2. The minimum absolute atomic E-state index is 0.115. The Bertz CT molecular complexity index is 1130. The van der Waals surface area contributed by atoms with Gasteiger partial charge in [0.1, 0.15) is 24.0 Å². The van der Waals surface area contributed by atoms with Crippen molar-refractivity contribution in [1.29, 1.82) is 5.26 Å². The minimum Gasteiger partial charge on any atom is -0.487 e. The summed E-state index contributed by atoms with van der Waals surface area (Å²) in [6.07, 6.45) is 1.41. The van der Waals surface area contributed by atoms with Crippen LogP contribution in [-0.2, 0) is 11.4 Å². The molecule has 0 saturated heterocycles. The Morgan fingerprint density at radius 1 is 1.17 bits per heavy atom. The molecule has 6 heteroatoms. The van der Waals surface area contributed by atoms with Gasteiger partial charge in [0.15, 0.2) is 0 Å². The molecule has 150 valence electrons. The van der Waals surface area contributed by atoms with Crippen LogP contribution in [0.1, 0.15) is 16.7 Å². The van der Waals surface area contributed by atoms with E-state index in [9.17, 15) is 4.79 Å². The first-order valence-electron chi connectivity index (χ1n) is 9.22. The number of nitrogens with one attached hydrogen (secondary N) is 1. The molecule has 30 heavy (non-hydrogen) atoms. The van der Waals surface area contributed by atoms with Crippen LogP contribution in [0.5, 0.6) is 5.75 Å². The van der Waals surface area contributed by atoms with Crippen LogP contribution in [0.15, 0.2) is 72.3 Å². The molecule has 3 aromatic rings. The fourth-order valence-corrected chi connectivity index (χ4v) is 3.29. The minimum atomic E-state index is -0.664. The number of nitriles is 1. The van der Waals surface area contributed by atoms with E-state index in [1.807, 2.05) is 35.8 Å². The SMILES string of the molecule is Cc1c(COc2ccc(C=C(C#N)C(=O)NN)cc2Cl)cccc1-c1ccccc1. The van der Waals surface area contributed by atoms with Gasteiger partial charge in [-0.05, 0) is 52.9 Å². The van der Waals surface area contributed by atoms with Gasteiger partial charge in [-0.3, -0.25) is 10.2 Å². The summed E-state index contributed by atoms with van der Waals surface area (Å²) in [6, 6.07) is 23.2. The second kappa shape index (κ2) is 9.75. The highest BCUT2D eigenvalue weighted by Crippen LogP contribution is 2.29. The summed E-state index contributed by atoms with van der Waals surface area (Å²) in [4.78, 5) is 11.5. The number of ether oxygens (including phenoxy) is 1. The lowest BCUT2D eigenvalue weighted by atomic mass is 9.97. The van der Waals surface area contributed by atoms with Gasteiger partial charge in [-0.25, -0.2) is 5.84 Å². The zero-order valence-electron chi connectivity index (χ0n) is 16.4. The number of carbonyl (C=O) groups is 1. The highest BCUT2D eigenvalue weighted by molar-refractivity contribution is 6.32. The van der Waals surface area contributed by atoms with Crippen LogP contribution in [0.2, 0.25) is 5.02 Å². The van der Waals surface area contributed by atoms with Crippen LogP contribution in [0.3, 0.4) is 0 Å². The number of carbonyl (C=O) groups excluding carboxylic acids is 1. The van der Waals surface area contributed by atoms with Crippen molar-refractivity contribution in [1.82, 2.24) is 5.43 Å². The number of amides is 1. The molecule has 0 aliphatic carbocycles. The van der Waals surface area contributed by atoms with Gasteiger partial charge in [-0.1, -0.05) is 66.2 Å². The summed E-state index contributed by atoms with van der Waals surface area (Å²) in [6.45, 7) is 2.43. The monoisotopic (exact) mass is 417 g/mol. The van der Waals surface area contributed by atoms with E-state index >= 15 is 0 Å². The zero-order chi connectivity index (χ0) is 21.5. The van der Waals surface area contributed by atoms with Crippen molar-refractivity contribution >= 4 is 23.6 Å². The Labute approximate surface area is 180 Å². The maximum atomic E-state index is 11.5. The standard InChI is InChI=1S/C24H20ClN3O2/c1-16-19(8-5-9-21(16)18-6-3-2-4-7-18)15-30-23-11-10-17(13-22(23)25)12-20(14-26)24(29)28-27/h2-13H,15,27H2,1H3,(H,28,29). The van der Waals surface area contributed by atoms with Crippen molar-refractivity contribution in [3.8, 4) is 22.9 Å². The molecule has 0 saturated carbocycles. The quantitative estimate of drug-likeness (QED) is 0.198. The summed E-state index contributed by atoms with van der Waals surface area (Å²) >= 11 is 6.34. The highest BCUT2D eigenvalue weighted by atomic mass is 35.5. The van der Waals surface area contributed by atoms with Crippen LogP contribution < -0.4 is 16.0 Å². The summed E-state index contributed by atoms with van der Waals surface area (Å²) in [5.41, 5.74) is 6.93. The zero-order valence-corrected chi connectivity index (χ0v) is 17.1. The van der Waals surface area contributed by atoms with Crippen molar-refractivity contribution in [3.63, 3.8) is 0 Å². The van der Waals surface area contributed by atoms with Crippen LogP contribution in [0, 0.1) is 18.3 Å². The van der Waals surface area contributed by atoms with Gasteiger partial charge >= 0.3 is 0 Å². The number of rotatable bonds is 6. The molecule has 0 heterocycles. The molecule has 0 bridgehead atoms. The van der Waals surface area contributed by atoms with Gasteiger partial charge in [0.25, 0.3) is 5.91 Å². The van der Waals surface area contributed by atoms with Crippen molar-refractivity contribution < 1.29 is 9.53 Å². The smallest absolute Gasteiger partial charge is 0.275 e. The Balaban J connectivity index is 1.78. The van der Waals surface area contributed by atoms with Crippen LogP contribution in [0.25, 0.3) is 17.2 Å². The summed E-state index contributed by atoms with van der Waals surface area (Å²) in [5, 5.41) is 9.44. The van der Waals surface area contributed by atoms with E-state index in [1.165, 1.54) is 6.08 Å². The Hall–Kier alpha value is -3.59. The van der Waals surface area contributed by atoms with Gasteiger partial charge in [0.05, 0.1) is 5.02 Å². The molecule has 0 aliphatic rings. The molecule has 0 unspecified atom stereocenters. The fraction of sp³-hybridized carbons (Fsp3) is 0.0833. The normalized spacial score (nSPS) is 10.9. The third-order valence-electron chi connectivity index (χ3n) is 4.68. The average Bonchev–Trinajstić information content (AvgIpc) is 2.77. The summed E-state index contributed by atoms with van der Waals surface area (Å²) in [5.74, 6) is 4.92. The number of nitrogens with zero attached hydrogens (tertiary/aromatic N) is 1. The Morgan fingerprint density at radius 2 is 1.93 bits per heavy atom. The molecule has 0 spiro atoms. The topological polar surface area (TPSA) is 88.1 Å². The van der Waals surface area contributed by atoms with Gasteiger partial charge in [-0.2, -0.15) is 5.26 Å². The van der Waals surface area contributed by atoms with E-state index in [0.29, 0.717) is 22.9 Å². The lowest BCUT2D eigenvalue weighted by Crippen LogP contribution is -2.30. The number of nitrogens with two attached hydrogens (primary N) is 1. The Morgan fingerprint density at radius 3 is 2.60 bits per heavy atom. The predicted octanol–water partition coefficient (Wildman–Crippen LogP) is 4.79. The van der Waals surface area contributed by atoms with Gasteiger partial charge < -0.3 is 4.74 Å². The molecule has 0 atom stereocenters. The lowest BCUT2D eigenvalue weighted by Gasteiger charge is -2.14. The van der Waals surface area contributed by atoms with E-state index in [0.717, 1.165) is 22.3 Å². The Kier molecular flexibility index (Phi) is 6.87. The molecule has 0 radical (unpaired) electrons. The third kappa shape index (κ3) is 4.87. The lowest BCUT2D eigenvalue weighted by molar-refractivity contribution is -0.117. The number of halogens is 1. The van der Waals surface area contributed by atoms with Crippen LogP contribution >= 0.6 is 11.6 Å². The fourth-order valence-electron chi connectivity index (χ4n) is 3.04. The third-order valence-corrected chi connectivity index (χ3v) is 4.97.